The predicted octanol–water partition coefficient (Wildman–Crippen LogP) is 7.48. The molecule has 5 rings (SSSR count). The van der Waals surface area contributed by atoms with Gasteiger partial charge >= 0.3 is 0 Å². The van der Waals surface area contributed by atoms with Gasteiger partial charge in [0.15, 0.2) is 0 Å². The Bertz CT molecular complexity index is 1840. The third kappa shape index (κ3) is 8.53. The van der Waals surface area contributed by atoms with Crippen molar-refractivity contribution in [1.29, 1.82) is 0 Å². The summed E-state index contributed by atoms with van der Waals surface area (Å²) in [6, 6.07) is 27.9. The molecule has 2 N–H and O–H groups in total. The number of hydrogen-bond donors (Lipinski definition) is 2. The third-order valence-electron chi connectivity index (χ3n) is 7.54. The molecule has 1 aromatic heterocycles. The van der Waals surface area contributed by atoms with E-state index in [0.29, 0.717) is 35.2 Å². The van der Waals surface area contributed by atoms with Crippen LogP contribution < -0.4 is 15.5 Å². The highest BCUT2D eigenvalue weighted by Gasteiger charge is 2.21. The number of hydrazone groups is 1. The van der Waals surface area contributed by atoms with Crippen LogP contribution in [0.5, 0.6) is 5.75 Å². The summed E-state index contributed by atoms with van der Waals surface area (Å²) in [7, 11) is 0. The maximum Gasteiger partial charge on any atom is 0.262 e. The van der Waals surface area contributed by atoms with E-state index in [1.165, 1.54) is 12.1 Å². The van der Waals surface area contributed by atoms with Crippen LogP contribution in [0.3, 0.4) is 0 Å². The molecule has 46 heavy (non-hydrogen) atoms. The van der Waals surface area contributed by atoms with Crippen LogP contribution in [0.15, 0.2) is 102 Å². The Morgan fingerprint density at radius 2 is 1.70 bits per heavy atom. The second-order valence-corrected chi connectivity index (χ2v) is 11.6. The smallest absolute Gasteiger partial charge is 0.262 e. The number of carbonyl (C=O) groups excluding carboxylic acids is 2. The monoisotopic (exact) mass is 658 g/mol. The summed E-state index contributed by atoms with van der Waals surface area (Å²) in [6.07, 6.45) is 2.49. The molecule has 0 aliphatic carbocycles. The van der Waals surface area contributed by atoms with Crippen LogP contribution in [0.4, 0.5) is 4.39 Å². The van der Waals surface area contributed by atoms with Crippen molar-refractivity contribution in [3.05, 3.63) is 135 Å². The van der Waals surface area contributed by atoms with Crippen molar-refractivity contribution in [2.75, 3.05) is 6.61 Å². The van der Waals surface area contributed by atoms with Crippen molar-refractivity contribution in [1.82, 2.24) is 15.3 Å². The lowest BCUT2D eigenvalue weighted by Crippen LogP contribution is -2.46. The fraction of sp³-hybridized carbons (Fsp3) is 0.194. The highest BCUT2D eigenvalue weighted by Crippen LogP contribution is 2.28. The van der Waals surface area contributed by atoms with E-state index in [4.69, 9.17) is 27.9 Å². The van der Waals surface area contributed by atoms with Gasteiger partial charge in [0.1, 0.15) is 17.6 Å². The van der Waals surface area contributed by atoms with Gasteiger partial charge in [-0.15, -0.1) is 0 Å². The quantitative estimate of drug-likeness (QED) is 0.0781. The molecule has 0 unspecified atom stereocenters. The molecular weight excluding hydrogens is 626 g/mol. The maximum absolute atomic E-state index is 13.5. The number of carbonyl (C=O) groups is 2. The van der Waals surface area contributed by atoms with E-state index in [1.54, 1.807) is 36.5 Å². The molecule has 236 valence electrons. The molecule has 0 saturated heterocycles. The van der Waals surface area contributed by atoms with Crippen LogP contribution in [-0.2, 0) is 22.6 Å². The lowest BCUT2D eigenvalue weighted by Gasteiger charge is -2.17. The predicted molar refractivity (Wildman–Crippen MR) is 181 cm³/mol. The molecule has 4 aromatic carbocycles. The summed E-state index contributed by atoms with van der Waals surface area (Å²) < 4.78 is 21.3. The summed E-state index contributed by atoms with van der Waals surface area (Å²) in [6.45, 7) is 2.80. The molecule has 0 fully saturated rings. The lowest BCUT2D eigenvalue weighted by atomic mass is 10.1. The lowest BCUT2D eigenvalue weighted by molar-refractivity contribution is -0.129. The molecule has 2 amide bonds. The number of rotatable bonds is 13. The Morgan fingerprint density at radius 3 is 2.46 bits per heavy atom. The first-order chi connectivity index (χ1) is 22.3. The van der Waals surface area contributed by atoms with Crippen LogP contribution in [0.1, 0.15) is 35.2 Å². The Balaban J connectivity index is 1.25. The number of aromatic nitrogens is 1. The summed E-state index contributed by atoms with van der Waals surface area (Å²) in [5.41, 5.74) is 7.27. The van der Waals surface area contributed by atoms with Gasteiger partial charge in [-0.2, -0.15) is 5.10 Å². The number of nitrogens with one attached hydrogen (secondary N) is 2. The largest absolute Gasteiger partial charge is 0.492 e. The van der Waals surface area contributed by atoms with Gasteiger partial charge < -0.3 is 14.6 Å². The minimum absolute atomic E-state index is 0.153. The SMILES string of the molecule is Cc1c(/C=N\NC(=O)[C@@H](Cc2ccccc2)NC(=O)CCCOc2ccc(Cl)cc2Cl)c2ccccc2n1Cc1ccc(F)cc1. The van der Waals surface area contributed by atoms with E-state index in [0.717, 1.165) is 33.3 Å². The topological polar surface area (TPSA) is 84.7 Å². The molecule has 1 heterocycles. The van der Waals surface area contributed by atoms with Gasteiger partial charge in [-0.3, -0.25) is 9.59 Å². The minimum Gasteiger partial charge on any atom is -0.492 e. The second kappa shape index (κ2) is 15.6. The number of amides is 2. The van der Waals surface area contributed by atoms with Crippen LogP contribution in [-0.4, -0.2) is 35.2 Å². The van der Waals surface area contributed by atoms with E-state index in [1.807, 2.05) is 61.5 Å². The van der Waals surface area contributed by atoms with E-state index < -0.39 is 11.9 Å². The fourth-order valence-corrected chi connectivity index (χ4v) is 5.63. The third-order valence-corrected chi connectivity index (χ3v) is 8.07. The Morgan fingerprint density at radius 1 is 0.957 bits per heavy atom. The Kier molecular flexibility index (Phi) is 11.1. The molecule has 0 saturated carbocycles. The molecule has 0 aliphatic heterocycles. The standard InChI is InChI=1S/C36H33Cl2FN4O3/c1-24-30(29-10-5-6-11-33(29)43(24)23-26-13-16-28(39)17-14-26)22-40-42-36(45)32(20-25-8-3-2-4-9-25)41-35(44)12-7-19-46-34-18-15-27(37)21-31(34)38/h2-6,8-11,13-18,21-22,32H,7,12,19-20,23H2,1H3,(H,41,44)(H,42,45)/b40-22-/t32-/m1/s1. The number of benzene rings is 4. The van der Waals surface area contributed by atoms with Gasteiger partial charge in [0.05, 0.1) is 17.8 Å². The van der Waals surface area contributed by atoms with E-state index >= 15 is 0 Å². The molecule has 1 atom stereocenters. The average molecular weight is 660 g/mol. The van der Waals surface area contributed by atoms with Crippen molar-refractivity contribution in [2.24, 2.45) is 5.10 Å². The number of halogens is 3. The molecule has 0 spiro atoms. The number of fused-ring (bicyclic) bond motifs is 1. The molecular formula is C36H33Cl2FN4O3. The average Bonchev–Trinajstić information content (AvgIpc) is 3.31. The molecule has 0 radical (unpaired) electrons. The highest BCUT2D eigenvalue weighted by molar-refractivity contribution is 6.35. The first-order valence-electron chi connectivity index (χ1n) is 14.8. The van der Waals surface area contributed by atoms with E-state index in [2.05, 4.69) is 20.4 Å². The van der Waals surface area contributed by atoms with Crippen LogP contribution >= 0.6 is 23.2 Å². The molecule has 10 heteroatoms. The van der Waals surface area contributed by atoms with Crippen LogP contribution in [0.2, 0.25) is 10.0 Å². The first kappa shape index (κ1) is 32.7. The normalized spacial score (nSPS) is 11.9. The van der Waals surface area contributed by atoms with Gasteiger partial charge in [0.25, 0.3) is 5.91 Å². The summed E-state index contributed by atoms with van der Waals surface area (Å²) in [4.78, 5) is 26.2. The zero-order chi connectivity index (χ0) is 32.5. The Labute approximate surface area is 277 Å². The van der Waals surface area contributed by atoms with Gasteiger partial charge in [0.2, 0.25) is 5.91 Å². The molecule has 0 bridgehead atoms. The highest BCUT2D eigenvalue weighted by atomic mass is 35.5. The number of hydrogen-bond acceptors (Lipinski definition) is 4. The van der Waals surface area contributed by atoms with Crippen molar-refractivity contribution in [2.45, 2.75) is 38.8 Å². The van der Waals surface area contributed by atoms with E-state index in [9.17, 15) is 14.0 Å². The van der Waals surface area contributed by atoms with Crippen LogP contribution in [0, 0.1) is 12.7 Å². The first-order valence-corrected chi connectivity index (χ1v) is 15.6. The van der Waals surface area contributed by atoms with Crippen molar-refractivity contribution >= 4 is 52.1 Å². The molecule has 0 aliphatic rings. The van der Waals surface area contributed by atoms with Crippen molar-refractivity contribution in [3.63, 3.8) is 0 Å². The number of nitrogens with zero attached hydrogens (tertiary/aromatic N) is 2. The van der Waals surface area contributed by atoms with Gasteiger partial charge in [-0.1, -0.05) is 83.9 Å². The number of ether oxygens (including phenoxy) is 1. The number of para-hydroxylation sites is 1. The summed E-state index contributed by atoms with van der Waals surface area (Å²) in [5.74, 6) is -0.521. The van der Waals surface area contributed by atoms with Crippen molar-refractivity contribution in [3.8, 4) is 5.75 Å². The van der Waals surface area contributed by atoms with Gasteiger partial charge in [0, 0.05) is 46.6 Å². The van der Waals surface area contributed by atoms with Gasteiger partial charge in [-0.25, -0.2) is 9.82 Å². The summed E-state index contributed by atoms with van der Waals surface area (Å²) in [5, 5.41) is 9.02. The second-order valence-electron chi connectivity index (χ2n) is 10.8. The zero-order valence-electron chi connectivity index (χ0n) is 25.2. The fourth-order valence-electron chi connectivity index (χ4n) is 5.17. The van der Waals surface area contributed by atoms with Crippen molar-refractivity contribution < 1.29 is 18.7 Å². The zero-order valence-corrected chi connectivity index (χ0v) is 26.7. The Hall–Kier alpha value is -4.66. The molecule has 5 aromatic rings. The van der Waals surface area contributed by atoms with E-state index in [-0.39, 0.29) is 24.8 Å². The minimum atomic E-state index is -0.848. The summed E-state index contributed by atoms with van der Waals surface area (Å²) >= 11 is 12.1. The maximum atomic E-state index is 13.5. The van der Waals surface area contributed by atoms with Crippen LogP contribution in [0.25, 0.3) is 10.9 Å². The molecule has 7 nitrogen and oxygen atoms in total. The van der Waals surface area contributed by atoms with Gasteiger partial charge in [-0.05, 0) is 60.9 Å².